The molecule has 23 heavy (non-hydrogen) atoms. The Bertz CT molecular complexity index is 541. The van der Waals surface area contributed by atoms with E-state index in [1.807, 2.05) is 30.9 Å². The smallest absolute Gasteiger partial charge is 0.228 e. The number of likely N-dealkylation sites (tertiary alicyclic amines) is 1. The third-order valence-electron chi connectivity index (χ3n) is 4.86. The van der Waals surface area contributed by atoms with Crippen molar-refractivity contribution >= 4 is 5.91 Å². The molecule has 0 N–H and O–H groups in total. The van der Waals surface area contributed by atoms with Crippen LogP contribution in [0.4, 0.5) is 0 Å². The van der Waals surface area contributed by atoms with Gasteiger partial charge in [0.2, 0.25) is 11.8 Å². The molecule has 1 aromatic rings. The standard InChI is InChI=1S/C18H26N2O3/c1-13-5-8-19-17(12-13)23-15-6-9-20(10-7-15)18(21)16-4-3-11-22-14(16)2/h5,8,12,14-16H,3-4,6-7,9-11H2,1-2H3. The van der Waals surface area contributed by atoms with Gasteiger partial charge in [-0.1, -0.05) is 0 Å². The summed E-state index contributed by atoms with van der Waals surface area (Å²) in [6, 6.07) is 3.92. The number of aryl methyl sites for hydroxylation is 1. The molecule has 1 aromatic heterocycles. The monoisotopic (exact) mass is 318 g/mol. The summed E-state index contributed by atoms with van der Waals surface area (Å²) in [6.45, 7) is 6.35. The second-order valence-electron chi connectivity index (χ2n) is 6.64. The number of piperidine rings is 1. The van der Waals surface area contributed by atoms with E-state index < -0.39 is 0 Å². The molecule has 2 atom stereocenters. The molecule has 0 saturated carbocycles. The van der Waals surface area contributed by atoms with Crippen LogP contribution < -0.4 is 4.74 Å². The van der Waals surface area contributed by atoms with Gasteiger partial charge in [0.1, 0.15) is 6.10 Å². The molecule has 5 heteroatoms. The van der Waals surface area contributed by atoms with E-state index in [0.29, 0.717) is 5.88 Å². The van der Waals surface area contributed by atoms with Crippen molar-refractivity contribution in [2.24, 2.45) is 5.92 Å². The Morgan fingerprint density at radius 1 is 1.35 bits per heavy atom. The van der Waals surface area contributed by atoms with Gasteiger partial charge in [-0.05, 0) is 38.3 Å². The predicted molar refractivity (Wildman–Crippen MR) is 87.3 cm³/mol. The molecule has 2 aliphatic rings. The zero-order valence-corrected chi connectivity index (χ0v) is 14.0. The van der Waals surface area contributed by atoms with Crippen LogP contribution in [0.25, 0.3) is 0 Å². The van der Waals surface area contributed by atoms with E-state index in [1.54, 1.807) is 6.20 Å². The van der Waals surface area contributed by atoms with Gasteiger partial charge < -0.3 is 14.4 Å². The summed E-state index contributed by atoms with van der Waals surface area (Å²) in [4.78, 5) is 18.9. The number of amides is 1. The summed E-state index contributed by atoms with van der Waals surface area (Å²) < 4.78 is 11.6. The highest BCUT2D eigenvalue weighted by molar-refractivity contribution is 5.79. The maximum absolute atomic E-state index is 12.7. The molecule has 0 spiro atoms. The molecule has 1 amide bonds. The van der Waals surface area contributed by atoms with Gasteiger partial charge in [0, 0.05) is 44.8 Å². The summed E-state index contributed by atoms with van der Waals surface area (Å²) in [7, 11) is 0. The number of nitrogens with zero attached hydrogens (tertiary/aromatic N) is 2. The van der Waals surface area contributed by atoms with Gasteiger partial charge in [-0.3, -0.25) is 4.79 Å². The lowest BCUT2D eigenvalue weighted by atomic mass is 9.93. The first kappa shape index (κ1) is 16.2. The van der Waals surface area contributed by atoms with E-state index in [2.05, 4.69) is 4.98 Å². The zero-order valence-electron chi connectivity index (χ0n) is 14.0. The van der Waals surface area contributed by atoms with Crippen LogP contribution in [0.3, 0.4) is 0 Å². The summed E-state index contributed by atoms with van der Waals surface area (Å²) >= 11 is 0. The lowest BCUT2D eigenvalue weighted by molar-refractivity contribution is -0.145. The number of hydrogen-bond acceptors (Lipinski definition) is 4. The van der Waals surface area contributed by atoms with E-state index in [1.165, 1.54) is 0 Å². The lowest BCUT2D eigenvalue weighted by Crippen LogP contribution is -2.47. The van der Waals surface area contributed by atoms with Crippen LogP contribution in [0, 0.1) is 12.8 Å². The molecule has 126 valence electrons. The van der Waals surface area contributed by atoms with Crippen molar-refractivity contribution in [2.45, 2.75) is 51.7 Å². The Morgan fingerprint density at radius 3 is 2.83 bits per heavy atom. The largest absolute Gasteiger partial charge is 0.474 e. The highest BCUT2D eigenvalue weighted by atomic mass is 16.5. The molecule has 0 radical (unpaired) electrons. The van der Waals surface area contributed by atoms with Crippen molar-refractivity contribution in [3.63, 3.8) is 0 Å². The summed E-state index contributed by atoms with van der Waals surface area (Å²) in [5.41, 5.74) is 1.15. The Morgan fingerprint density at radius 2 is 2.13 bits per heavy atom. The molecule has 3 heterocycles. The highest BCUT2D eigenvalue weighted by Gasteiger charge is 2.34. The normalized spacial score (nSPS) is 26.1. The van der Waals surface area contributed by atoms with E-state index in [4.69, 9.17) is 9.47 Å². The molecular weight excluding hydrogens is 292 g/mol. The van der Waals surface area contributed by atoms with Gasteiger partial charge in [0.25, 0.3) is 0 Å². The van der Waals surface area contributed by atoms with Crippen molar-refractivity contribution in [1.29, 1.82) is 0 Å². The average molecular weight is 318 g/mol. The molecular formula is C18H26N2O3. The van der Waals surface area contributed by atoms with Crippen molar-refractivity contribution in [1.82, 2.24) is 9.88 Å². The third-order valence-corrected chi connectivity index (χ3v) is 4.86. The fraction of sp³-hybridized carbons (Fsp3) is 0.667. The van der Waals surface area contributed by atoms with Crippen molar-refractivity contribution in [3.8, 4) is 5.88 Å². The molecule has 2 saturated heterocycles. The van der Waals surface area contributed by atoms with E-state index >= 15 is 0 Å². The number of ether oxygens (including phenoxy) is 2. The number of rotatable bonds is 3. The number of carbonyl (C=O) groups is 1. The minimum absolute atomic E-state index is 0.0275. The topological polar surface area (TPSA) is 51.7 Å². The van der Waals surface area contributed by atoms with Crippen LogP contribution in [0.15, 0.2) is 18.3 Å². The average Bonchev–Trinajstić information content (AvgIpc) is 2.55. The molecule has 3 rings (SSSR count). The molecule has 0 bridgehead atoms. The summed E-state index contributed by atoms with van der Waals surface area (Å²) in [6.07, 6.45) is 5.62. The van der Waals surface area contributed by atoms with Gasteiger partial charge in [-0.15, -0.1) is 0 Å². The van der Waals surface area contributed by atoms with Gasteiger partial charge in [0.15, 0.2) is 0 Å². The van der Waals surface area contributed by atoms with Gasteiger partial charge >= 0.3 is 0 Å². The first-order valence-corrected chi connectivity index (χ1v) is 8.63. The Balaban J connectivity index is 1.51. The van der Waals surface area contributed by atoms with Crippen molar-refractivity contribution in [3.05, 3.63) is 23.9 Å². The van der Waals surface area contributed by atoms with Gasteiger partial charge in [0.05, 0.1) is 12.0 Å². The third kappa shape index (κ3) is 4.02. The molecule has 2 aliphatic heterocycles. The summed E-state index contributed by atoms with van der Waals surface area (Å²) in [5.74, 6) is 0.966. The maximum Gasteiger partial charge on any atom is 0.228 e. The van der Waals surface area contributed by atoms with Crippen LogP contribution in [-0.2, 0) is 9.53 Å². The Labute approximate surface area is 138 Å². The SMILES string of the molecule is Cc1ccnc(OC2CCN(C(=O)C3CCCOC3C)CC2)c1. The van der Waals surface area contributed by atoms with Crippen LogP contribution in [-0.4, -0.2) is 47.7 Å². The molecule has 2 fully saturated rings. The Kier molecular flexibility index (Phi) is 5.16. The van der Waals surface area contributed by atoms with E-state index in [9.17, 15) is 4.79 Å². The minimum atomic E-state index is 0.0275. The predicted octanol–water partition coefficient (Wildman–Crippen LogP) is 2.57. The van der Waals surface area contributed by atoms with Crippen LogP contribution in [0.5, 0.6) is 5.88 Å². The number of aromatic nitrogens is 1. The van der Waals surface area contributed by atoms with Crippen molar-refractivity contribution in [2.75, 3.05) is 19.7 Å². The van der Waals surface area contributed by atoms with E-state index in [0.717, 1.165) is 50.9 Å². The highest BCUT2D eigenvalue weighted by Crippen LogP contribution is 2.25. The van der Waals surface area contributed by atoms with Crippen LogP contribution in [0.2, 0.25) is 0 Å². The minimum Gasteiger partial charge on any atom is -0.474 e. The number of pyridine rings is 1. The van der Waals surface area contributed by atoms with Gasteiger partial charge in [-0.25, -0.2) is 4.98 Å². The molecule has 2 unspecified atom stereocenters. The molecule has 5 nitrogen and oxygen atoms in total. The fourth-order valence-corrected chi connectivity index (χ4v) is 3.42. The molecule has 0 aliphatic carbocycles. The zero-order chi connectivity index (χ0) is 16.2. The maximum atomic E-state index is 12.7. The van der Waals surface area contributed by atoms with Gasteiger partial charge in [-0.2, -0.15) is 0 Å². The summed E-state index contributed by atoms with van der Waals surface area (Å²) in [5, 5.41) is 0. The van der Waals surface area contributed by atoms with Crippen LogP contribution in [0.1, 0.15) is 38.2 Å². The van der Waals surface area contributed by atoms with E-state index in [-0.39, 0.29) is 24.0 Å². The second-order valence-corrected chi connectivity index (χ2v) is 6.64. The lowest BCUT2D eigenvalue weighted by Gasteiger charge is -2.37. The number of carbonyl (C=O) groups excluding carboxylic acids is 1. The second kappa shape index (κ2) is 7.30. The van der Waals surface area contributed by atoms with Crippen LogP contribution >= 0.6 is 0 Å². The number of hydrogen-bond donors (Lipinski definition) is 0. The Hall–Kier alpha value is -1.62. The van der Waals surface area contributed by atoms with Crippen molar-refractivity contribution < 1.29 is 14.3 Å². The first-order valence-electron chi connectivity index (χ1n) is 8.63. The quantitative estimate of drug-likeness (QED) is 0.859. The fourth-order valence-electron chi connectivity index (χ4n) is 3.42. The molecule has 0 aromatic carbocycles. The first-order chi connectivity index (χ1) is 11.1.